The fraction of sp³-hybridized carbons (Fsp3) is 0.286. The number of carbonyl (C=O) groups excluding carboxylic acids is 2. The maximum absolute atomic E-state index is 11.9. The lowest BCUT2D eigenvalue weighted by atomic mass is 10.1. The smallest absolute Gasteiger partial charge is 0.268 e. The van der Waals surface area contributed by atoms with Crippen molar-refractivity contribution in [1.82, 2.24) is 5.32 Å². The van der Waals surface area contributed by atoms with Gasteiger partial charge in [-0.2, -0.15) is 0 Å². The first-order valence-corrected chi connectivity index (χ1v) is 6.83. The number of halogens is 2. The zero-order valence-corrected chi connectivity index (χ0v) is 13.0. The molecule has 0 unspecified atom stereocenters. The van der Waals surface area contributed by atoms with Crippen LogP contribution in [0.4, 0.5) is 5.69 Å². The molecule has 0 aliphatic carbocycles. The second kappa shape index (κ2) is 7.31. The van der Waals surface area contributed by atoms with E-state index < -0.39 is 11.8 Å². The summed E-state index contributed by atoms with van der Waals surface area (Å²) in [5.74, 6) is -1.19. The van der Waals surface area contributed by atoms with Crippen molar-refractivity contribution in [3.05, 3.63) is 39.4 Å². The number of rotatable bonds is 4. The molecule has 0 spiro atoms. The highest BCUT2D eigenvalue weighted by molar-refractivity contribution is 6.54. The Bertz CT molecular complexity index is 548. The molecule has 2 amide bonds. The Balaban J connectivity index is 2.90. The van der Waals surface area contributed by atoms with Crippen molar-refractivity contribution >= 4 is 40.7 Å². The second-order valence-corrected chi connectivity index (χ2v) is 5.07. The van der Waals surface area contributed by atoms with Crippen LogP contribution < -0.4 is 10.6 Å². The summed E-state index contributed by atoms with van der Waals surface area (Å²) in [7, 11) is 0. The van der Waals surface area contributed by atoms with Crippen molar-refractivity contribution < 1.29 is 9.59 Å². The lowest BCUT2D eigenvalue weighted by Crippen LogP contribution is -2.25. The second-order valence-electron chi connectivity index (χ2n) is 4.32. The third-order valence-corrected chi connectivity index (χ3v) is 3.23. The molecule has 2 N–H and O–H groups in total. The van der Waals surface area contributed by atoms with E-state index in [1.165, 1.54) is 0 Å². The molecule has 0 atom stereocenters. The Labute approximate surface area is 128 Å². The van der Waals surface area contributed by atoms with Gasteiger partial charge in [0, 0.05) is 12.2 Å². The van der Waals surface area contributed by atoms with E-state index in [2.05, 4.69) is 10.6 Å². The number of anilines is 1. The average molecular weight is 315 g/mol. The number of likely N-dealkylation sites (N-methyl/N-ethyl adjacent to an activating group) is 1. The van der Waals surface area contributed by atoms with Crippen LogP contribution in [0.2, 0.25) is 0 Å². The molecule has 0 aromatic heterocycles. The van der Waals surface area contributed by atoms with Crippen molar-refractivity contribution in [3.63, 3.8) is 0 Å². The summed E-state index contributed by atoms with van der Waals surface area (Å²) in [6, 6.07) is 5.58. The van der Waals surface area contributed by atoms with Gasteiger partial charge in [-0.1, -0.05) is 29.3 Å². The van der Waals surface area contributed by atoms with Crippen LogP contribution in [-0.2, 0) is 9.59 Å². The summed E-state index contributed by atoms with van der Waals surface area (Å²) >= 11 is 11.6. The van der Waals surface area contributed by atoms with Gasteiger partial charge in [-0.3, -0.25) is 9.59 Å². The Morgan fingerprint density at radius 2 is 1.50 bits per heavy atom. The van der Waals surface area contributed by atoms with Crippen LogP contribution in [0.5, 0.6) is 0 Å². The summed E-state index contributed by atoms with van der Waals surface area (Å²) < 4.78 is 0. The molecule has 0 fully saturated rings. The lowest BCUT2D eigenvalue weighted by Gasteiger charge is -2.08. The van der Waals surface area contributed by atoms with Crippen molar-refractivity contribution in [2.24, 2.45) is 0 Å². The standard InChI is InChI=1S/C14H16Cl2N2O2/c1-4-17-13(19)11(15)12(16)14(20)18-10-6-8(2)5-9(3)7-10/h5-7H,4H2,1-3H3,(H,17,19)(H,18,20)/b12-11-. The number of amides is 2. The minimum absolute atomic E-state index is 0.324. The van der Waals surface area contributed by atoms with E-state index in [4.69, 9.17) is 23.2 Å². The van der Waals surface area contributed by atoms with Gasteiger partial charge in [-0.25, -0.2) is 0 Å². The number of benzene rings is 1. The van der Waals surface area contributed by atoms with Crippen LogP contribution in [-0.4, -0.2) is 18.4 Å². The highest BCUT2D eigenvalue weighted by Gasteiger charge is 2.17. The summed E-state index contributed by atoms with van der Waals surface area (Å²) in [5.41, 5.74) is 2.62. The normalized spacial score (nSPS) is 11.7. The molecule has 0 aliphatic heterocycles. The molecule has 0 saturated carbocycles. The van der Waals surface area contributed by atoms with Crippen molar-refractivity contribution in [2.75, 3.05) is 11.9 Å². The van der Waals surface area contributed by atoms with E-state index >= 15 is 0 Å². The minimum Gasteiger partial charge on any atom is -0.352 e. The molecule has 1 rings (SSSR count). The number of aryl methyl sites for hydroxylation is 2. The van der Waals surface area contributed by atoms with Crippen LogP contribution in [0.25, 0.3) is 0 Å². The maximum Gasteiger partial charge on any atom is 0.268 e. The minimum atomic E-state index is -0.618. The third kappa shape index (κ3) is 4.54. The number of carbonyl (C=O) groups is 2. The summed E-state index contributed by atoms with van der Waals surface area (Å²) in [6.45, 7) is 5.98. The molecule has 0 saturated heterocycles. The van der Waals surface area contributed by atoms with Crippen LogP contribution in [0.1, 0.15) is 18.1 Å². The van der Waals surface area contributed by atoms with Gasteiger partial charge >= 0.3 is 0 Å². The van der Waals surface area contributed by atoms with E-state index in [1.54, 1.807) is 19.1 Å². The third-order valence-electron chi connectivity index (χ3n) is 2.41. The number of hydrogen-bond acceptors (Lipinski definition) is 2. The predicted octanol–water partition coefficient (Wildman–Crippen LogP) is 3.07. The van der Waals surface area contributed by atoms with Gasteiger partial charge in [0.25, 0.3) is 11.8 Å². The van der Waals surface area contributed by atoms with Gasteiger partial charge in [0.1, 0.15) is 10.1 Å². The first-order valence-electron chi connectivity index (χ1n) is 6.08. The van der Waals surface area contributed by atoms with Crippen LogP contribution >= 0.6 is 23.2 Å². The summed E-state index contributed by atoms with van der Waals surface area (Å²) in [4.78, 5) is 23.4. The van der Waals surface area contributed by atoms with Gasteiger partial charge in [-0.05, 0) is 44.0 Å². The molecule has 0 bridgehead atoms. The molecule has 0 aliphatic rings. The maximum atomic E-state index is 11.9. The fourth-order valence-electron chi connectivity index (χ4n) is 1.67. The zero-order chi connectivity index (χ0) is 15.3. The van der Waals surface area contributed by atoms with E-state index in [0.717, 1.165) is 11.1 Å². The van der Waals surface area contributed by atoms with E-state index in [1.807, 2.05) is 19.9 Å². The quantitative estimate of drug-likeness (QED) is 0.839. The van der Waals surface area contributed by atoms with E-state index in [-0.39, 0.29) is 10.1 Å². The SMILES string of the molecule is CCNC(=O)/C(Cl)=C(/Cl)C(=O)Nc1cc(C)cc(C)c1. The zero-order valence-electron chi connectivity index (χ0n) is 11.5. The molecule has 0 heterocycles. The Kier molecular flexibility index (Phi) is 6.05. The van der Waals surface area contributed by atoms with E-state index in [9.17, 15) is 9.59 Å². The molecule has 108 valence electrons. The first-order chi connectivity index (χ1) is 9.35. The van der Waals surface area contributed by atoms with Gasteiger partial charge in [0.15, 0.2) is 0 Å². The van der Waals surface area contributed by atoms with Crippen LogP contribution in [0.15, 0.2) is 28.3 Å². The van der Waals surface area contributed by atoms with Gasteiger partial charge in [0.2, 0.25) is 0 Å². The Morgan fingerprint density at radius 1 is 1.00 bits per heavy atom. The predicted molar refractivity (Wildman–Crippen MR) is 82.0 cm³/mol. The van der Waals surface area contributed by atoms with Crippen LogP contribution in [0.3, 0.4) is 0 Å². The molecule has 20 heavy (non-hydrogen) atoms. The highest BCUT2D eigenvalue weighted by atomic mass is 35.5. The van der Waals surface area contributed by atoms with Crippen molar-refractivity contribution in [3.8, 4) is 0 Å². The Morgan fingerprint density at radius 3 is 2.00 bits per heavy atom. The summed E-state index contributed by atoms with van der Waals surface area (Å²) in [5, 5.41) is 4.42. The molecule has 4 nitrogen and oxygen atoms in total. The van der Waals surface area contributed by atoms with Gasteiger partial charge in [-0.15, -0.1) is 0 Å². The number of nitrogens with one attached hydrogen (secondary N) is 2. The molecular formula is C14H16Cl2N2O2. The lowest BCUT2D eigenvalue weighted by molar-refractivity contribution is -0.117. The van der Waals surface area contributed by atoms with Crippen molar-refractivity contribution in [2.45, 2.75) is 20.8 Å². The van der Waals surface area contributed by atoms with Gasteiger partial charge < -0.3 is 10.6 Å². The monoisotopic (exact) mass is 314 g/mol. The molecule has 1 aromatic carbocycles. The van der Waals surface area contributed by atoms with Crippen LogP contribution in [0, 0.1) is 13.8 Å². The average Bonchev–Trinajstić information content (AvgIpc) is 2.35. The largest absolute Gasteiger partial charge is 0.352 e. The molecular weight excluding hydrogens is 299 g/mol. The molecule has 6 heteroatoms. The van der Waals surface area contributed by atoms with Gasteiger partial charge in [0.05, 0.1) is 0 Å². The highest BCUT2D eigenvalue weighted by Crippen LogP contribution is 2.19. The van der Waals surface area contributed by atoms with Crippen molar-refractivity contribution in [1.29, 1.82) is 0 Å². The molecule has 0 radical (unpaired) electrons. The number of hydrogen-bond donors (Lipinski definition) is 2. The van der Waals surface area contributed by atoms with E-state index in [0.29, 0.717) is 12.2 Å². The molecule has 1 aromatic rings. The Hall–Kier alpha value is -1.52. The first kappa shape index (κ1) is 16.5. The topological polar surface area (TPSA) is 58.2 Å². The fourth-order valence-corrected chi connectivity index (χ4v) is 1.96. The summed E-state index contributed by atoms with van der Waals surface area (Å²) in [6.07, 6.45) is 0.